The number of benzene rings is 3. The van der Waals surface area contributed by atoms with Gasteiger partial charge >= 0.3 is 5.97 Å². The fraction of sp³-hybridized carbons (Fsp3) is 0.214. The van der Waals surface area contributed by atoms with Gasteiger partial charge in [-0.25, -0.2) is 4.79 Å². The second kappa shape index (κ2) is 11.7. The Morgan fingerprint density at radius 2 is 1.65 bits per heavy atom. The highest BCUT2D eigenvalue weighted by Gasteiger charge is 2.44. The van der Waals surface area contributed by atoms with E-state index in [1.165, 1.54) is 4.90 Å². The molecule has 0 saturated carbocycles. The second-order valence-electron chi connectivity index (χ2n) is 8.33. The molecule has 1 atom stereocenters. The highest BCUT2D eigenvalue weighted by atomic mass is 32.1. The topological polar surface area (TPSA) is 88.2 Å². The van der Waals surface area contributed by atoms with Gasteiger partial charge in [-0.15, -0.1) is 0 Å². The van der Waals surface area contributed by atoms with Crippen molar-refractivity contribution in [1.29, 1.82) is 0 Å². The first-order valence-electron chi connectivity index (χ1n) is 11.8. The van der Waals surface area contributed by atoms with Crippen LogP contribution in [0.2, 0.25) is 0 Å². The van der Waals surface area contributed by atoms with Gasteiger partial charge in [-0.2, -0.15) is 0 Å². The van der Waals surface area contributed by atoms with Crippen LogP contribution in [0.4, 0.5) is 11.4 Å². The van der Waals surface area contributed by atoms with E-state index in [1.807, 2.05) is 30.3 Å². The van der Waals surface area contributed by atoms with Crippen molar-refractivity contribution in [2.24, 2.45) is 0 Å². The third-order valence-corrected chi connectivity index (χ3v) is 6.32. The number of hydrogen-bond acceptors (Lipinski definition) is 6. The Kier molecular flexibility index (Phi) is 8.15. The first kappa shape index (κ1) is 25.8. The van der Waals surface area contributed by atoms with E-state index in [0.717, 1.165) is 5.56 Å². The number of hydrogen-bond donors (Lipinski definition) is 1. The third-order valence-electron chi connectivity index (χ3n) is 5.90. The van der Waals surface area contributed by atoms with Crippen molar-refractivity contribution in [3.8, 4) is 5.75 Å². The zero-order chi connectivity index (χ0) is 26.4. The van der Waals surface area contributed by atoms with Gasteiger partial charge in [-0.05, 0) is 73.2 Å². The molecule has 1 N–H and O–H groups in total. The number of esters is 1. The van der Waals surface area contributed by atoms with Crippen LogP contribution in [-0.2, 0) is 20.9 Å². The lowest BCUT2D eigenvalue weighted by atomic mass is 10.1. The van der Waals surface area contributed by atoms with E-state index in [2.05, 4.69) is 5.32 Å². The standard InChI is InChI=1S/C28H27N3O5S/c1-3-36-27(34)20-9-11-21(12-10-20)29-25(32)17-24-26(33)31(22-13-15-23(35-2)16-14-22)28(37)30(24)18-19-7-5-4-6-8-19/h4-16,24H,3,17-18H2,1-2H3,(H,29,32). The van der Waals surface area contributed by atoms with Crippen molar-refractivity contribution < 1.29 is 23.9 Å². The Morgan fingerprint density at radius 1 is 0.973 bits per heavy atom. The van der Waals surface area contributed by atoms with Crippen molar-refractivity contribution in [3.63, 3.8) is 0 Å². The van der Waals surface area contributed by atoms with Crippen molar-refractivity contribution in [2.75, 3.05) is 23.9 Å². The molecule has 3 aromatic carbocycles. The molecular weight excluding hydrogens is 490 g/mol. The predicted octanol–water partition coefficient (Wildman–Crippen LogP) is 4.40. The maximum Gasteiger partial charge on any atom is 0.338 e. The van der Waals surface area contributed by atoms with E-state index in [9.17, 15) is 14.4 Å². The SMILES string of the molecule is CCOC(=O)c1ccc(NC(=O)CC2C(=O)N(c3ccc(OC)cc3)C(=S)N2Cc2ccccc2)cc1. The summed E-state index contributed by atoms with van der Waals surface area (Å²) in [6.07, 6.45) is -0.0991. The minimum absolute atomic E-state index is 0.0991. The second-order valence-corrected chi connectivity index (χ2v) is 8.70. The predicted molar refractivity (Wildman–Crippen MR) is 144 cm³/mol. The number of ether oxygens (including phenoxy) is 2. The largest absolute Gasteiger partial charge is 0.497 e. The summed E-state index contributed by atoms with van der Waals surface area (Å²) < 4.78 is 10.2. The summed E-state index contributed by atoms with van der Waals surface area (Å²) in [5.74, 6) is -0.397. The number of nitrogens with one attached hydrogen (secondary N) is 1. The molecule has 0 radical (unpaired) electrons. The molecule has 1 heterocycles. The molecule has 0 bridgehead atoms. The number of carbonyl (C=O) groups excluding carboxylic acids is 3. The molecule has 1 unspecified atom stereocenters. The number of methoxy groups -OCH3 is 1. The maximum atomic E-state index is 13.6. The minimum atomic E-state index is -0.784. The summed E-state index contributed by atoms with van der Waals surface area (Å²) in [5.41, 5.74) is 2.47. The van der Waals surface area contributed by atoms with E-state index < -0.39 is 12.0 Å². The van der Waals surface area contributed by atoms with Gasteiger partial charge in [-0.3, -0.25) is 14.5 Å². The fourth-order valence-electron chi connectivity index (χ4n) is 4.05. The van der Waals surface area contributed by atoms with Crippen LogP contribution < -0.4 is 15.0 Å². The lowest BCUT2D eigenvalue weighted by Gasteiger charge is -2.24. The van der Waals surface area contributed by atoms with E-state index in [-0.39, 0.29) is 24.8 Å². The van der Waals surface area contributed by atoms with Crippen LogP contribution in [0, 0.1) is 0 Å². The van der Waals surface area contributed by atoms with Gasteiger partial charge in [0.2, 0.25) is 5.91 Å². The molecule has 2 amide bonds. The van der Waals surface area contributed by atoms with Gasteiger partial charge in [0.05, 0.1) is 31.4 Å². The molecule has 8 nitrogen and oxygen atoms in total. The lowest BCUT2D eigenvalue weighted by molar-refractivity contribution is -0.124. The van der Waals surface area contributed by atoms with Crippen molar-refractivity contribution in [1.82, 2.24) is 4.90 Å². The summed E-state index contributed by atoms with van der Waals surface area (Å²) in [4.78, 5) is 41.7. The van der Waals surface area contributed by atoms with Gasteiger partial charge in [0, 0.05) is 12.2 Å². The summed E-state index contributed by atoms with van der Waals surface area (Å²) in [5, 5.41) is 3.14. The minimum Gasteiger partial charge on any atom is -0.497 e. The van der Waals surface area contributed by atoms with Gasteiger partial charge in [0.1, 0.15) is 11.8 Å². The lowest BCUT2D eigenvalue weighted by Crippen LogP contribution is -2.37. The van der Waals surface area contributed by atoms with E-state index in [1.54, 1.807) is 67.5 Å². The Labute approximate surface area is 220 Å². The smallest absolute Gasteiger partial charge is 0.338 e. The molecular formula is C28H27N3O5S. The number of thiocarbonyl (C=S) groups is 1. The highest BCUT2D eigenvalue weighted by molar-refractivity contribution is 7.80. The highest BCUT2D eigenvalue weighted by Crippen LogP contribution is 2.30. The van der Waals surface area contributed by atoms with Crippen molar-refractivity contribution >= 4 is 46.5 Å². The van der Waals surface area contributed by atoms with E-state index in [0.29, 0.717) is 34.3 Å². The van der Waals surface area contributed by atoms with Crippen LogP contribution in [0.3, 0.4) is 0 Å². The average molecular weight is 518 g/mol. The molecule has 37 heavy (non-hydrogen) atoms. The summed E-state index contributed by atoms with van der Waals surface area (Å²) >= 11 is 5.73. The molecule has 190 valence electrons. The molecule has 1 aliphatic rings. The molecule has 0 aliphatic carbocycles. The number of carbonyl (C=O) groups is 3. The van der Waals surface area contributed by atoms with Crippen LogP contribution in [0.5, 0.6) is 5.75 Å². The summed E-state index contributed by atoms with van der Waals surface area (Å²) in [6, 6.07) is 22.3. The Bertz CT molecular complexity index is 1280. The van der Waals surface area contributed by atoms with Crippen LogP contribution in [0.25, 0.3) is 0 Å². The third kappa shape index (κ3) is 5.95. The van der Waals surface area contributed by atoms with Gasteiger partial charge < -0.3 is 19.7 Å². The monoisotopic (exact) mass is 517 g/mol. The number of amides is 2. The van der Waals surface area contributed by atoms with Crippen molar-refractivity contribution in [2.45, 2.75) is 25.9 Å². The molecule has 0 spiro atoms. The van der Waals surface area contributed by atoms with Gasteiger partial charge in [0.15, 0.2) is 5.11 Å². The summed E-state index contributed by atoms with van der Waals surface area (Å²) in [6.45, 7) is 2.39. The molecule has 1 saturated heterocycles. The Hall–Kier alpha value is -4.24. The molecule has 1 fully saturated rings. The van der Waals surface area contributed by atoms with Gasteiger partial charge in [0.25, 0.3) is 5.91 Å². The summed E-state index contributed by atoms with van der Waals surface area (Å²) in [7, 11) is 1.57. The fourth-order valence-corrected chi connectivity index (χ4v) is 4.44. The average Bonchev–Trinajstić information content (AvgIpc) is 3.13. The molecule has 0 aromatic heterocycles. The zero-order valence-corrected chi connectivity index (χ0v) is 21.4. The van der Waals surface area contributed by atoms with Crippen LogP contribution in [0.15, 0.2) is 78.9 Å². The number of anilines is 2. The maximum absolute atomic E-state index is 13.6. The normalized spacial score (nSPS) is 15.0. The molecule has 1 aliphatic heterocycles. The Balaban J connectivity index is 1.53. The number of nitrogens with zero attached hydrogens (tertiary/aromatic N) is 2. The van der Waals surface area contributed by atoms with Gasteiger partial charge in [-0.1, -0.05) is 30.3 Å². The van der Waals surface area contributed by atoms with Crippen LogP contribution >= 0.6 is 12.2 Å². The van der Waals surface area contributed by atoms with Crippen molar-refractivity contribution in [3.05, 3.63) is 90.0 Å². The first-order chi connectivity index (χ1) is 17.9. The molecule has 9 heteroatoms. The molecule has 4 rings (SSSR count). The first-order valence-corrected chi connectivity index (χ1v) is 12.2. The van der Waals surface area contributed by atoms with Crippen LogP contribution in [0.1, 0.15) is 29.3 Å². The Morgan fingerprint density at radius 3 is 2.27 bits per heavy atom. The van der Waals surface area contributed by atoms with E-state index in [4.69, 9.17) is 21.7 Å². The zero-order valence-electron chi connectivity index (χ0n) is 20.5. The van der Waals surface area contributed by atoms with Crippen LogP contribution in [-0.4, -0.2) is 47.6 Å². The quantitative estimate of drug-likeness (QED) is 0.332. The van der Waals surface area contributed by atoms with E-state index >= 15 is 0 Å². The molecule has 3 aromatic rings. The number of rotatable bonds is 9.